The molecule has 0 bridgehead atoms. The summed E-state index contributed by atoms with van der Waals surface area (Å²) < 4.78 is 25.8. The molecule has 6 nitrogen and oxygen atoms in total. The van der Waals surface area contributed by atoms with Gasteiger partial charge in [-0.1, -0.05) is 0 Å². The summed E-state index contributed by atoms with van der Waals surface area (Å²) >= 11 is 0. The quantitative estimate of drug-likeness (QED) is 0.699. The molecule has 0 aliphatic carbocycles. The Morgan fingerprint density at radius 2 is 2.25 bits per heavy atom. The van der Waals surface area contributed by atoms with Crippen LogP contribution in [0.3, 0.4) is 0 Å². The van der Waals surface area contributed by atoms with Gasteiger partial charge in [-0.2, -0.15) is 0 Å². The van der Waals surface area contributed by atoms with Crippen LogP contribution in [-0.4, -0.2) is 40.3 Å². The first-order valence-corrected chi connectivity index (χ1v) is 8.15. The maximum absolute atomic E-state index is 11.8. The molecule has 1 aromatic rings. The first kappa shape index (κ1) is 15.1. The molecule has 1 aliphatic heterocycles. The summed E-state index contributed by atoms with van der Waals surface area (Å²) in [7, 11) is -2.17. The maximum atomic E-state index is 11.8. The number of benzene rings is 1. The first-order valence-electron chi connectivity index (χ1n) is 6.67. The topological polar surface area (TPSA) is 95.7 Å². The molecule has 1 aliphatic rings. The molecule has 0 spiro atoms. The standard InChI is InChI=1S/C13H21N3O3S/c1-15-20(18,19)13-5-4-11(7-12(13)14)16-6-2-3-10(8-16)9-17/h4-5,7,10,15,17H,2-3,6,8-9,14H2,1H3. The number of nitrogens with zero attached hydrogens (tertiary/aromatic N) is 1. The molecule has 0 amide bonds. The van der Waals surface area contributed by atoms with Crippen LogP contribution in [0.1, 0.15) is 12.8 Å². The highest BCUT2D eigenvalue weighted by atomic mass is 32.2. The Hall–Kier alpha value is -1.31. The van der Waals surface area contributed by atoms with E-state index < -0.39 is 10.0 Å². The largest absolute Gasteiger partial charge is 0.398 e. The Morgan fingerprint density at radius 3 is 2.85 bits per heavy atom. The van der Waals surface area contributed by atoms with Gasteiger partial charge in [-0.3, -0.25) is 0 Å². The molecular formula is C13H21N3O3S. The number of aliphatic hydroxyl groups excluding tert-OH is 1. The molecule has 4 N–H and O–H groups in total. The van der Waals surface area contributed by atoms with Crippen LogP contribution in [-0.2, 0) is 10.0 Å². The van der Waals surface area contributed by atoms with Crippen LogP contribution in [0.15, 0.2) is 23.1 Å². The van der Waals surface area contributed by atoms with Gasteiger partial charge in [0.2, 0.25) is 10.0 Å². The van der Waals surface area contributed by atoms with Crippen molar-refractivity contribution >= 4 is 21.4 Å². The normalized spacial score (nSPS) is 20.1. The van der Waals surface area contributed by atoms with E-state index in [1.54, 1.807) is 12.1 Å². The molecule has 0 saturated carbocycles. The summed E-state index contributed by atoms with van der Waals surface area (Å²) in [6.45, 7) is 1.85. The number of nitrogens with two attached hydrogens (primary N) is 1. The number of rotatable bonds is 4. The fraction of sp³-hybridized carbons (Fsp3) is 0.538. The number of anilines is 2. The van der Waals surface area contributed by atoms with Crippen molar-refractivity contribution in [2.45, 2.75) is 17.7 Å². The molecule has 1 atom stereocenters. The summed E-state index contributed by atoms with van der Waals surface area (Å²) in [6.07, 6.45) is 2.04. The minimum Gasteiger partial charge on any atom is -0.398 e. The second-order valence-electron chi connectivity index (χ2n) is 5.07. The Bertz CT molecular complexity index is 574. The highest BCUT2D eigenvalue weighted by molar-refractivity contribution is 7.89. The predicted molar refractivity (Wildman–Crippen MR) is 79.1 cm³/mol. The van der Waals surface area contributed by atoms with E-state index in [-0.39, 0.29) is 23.1 Å². The van der Waals surface area contributed by atoms with Gasteiger partial charge in [-0.15, -0.1) is 0 Å². The second-order valence-corrected chi connectivity index (χ2v) is 6.92. The van der Waals surface area contributed by atoms with Crippen molar-refractivity contribution in [2.75, 3.05) is 37.4 Å². The lowest BCUT2D eigenvalue weighted by Gasteiger charge is -2.33. The lowest BCUT2D eigenvalue weighted by atomic mass is 9.98. The van der Waals surface area contributed by atoms with E-state index in [2.05, 4.69) is 9.62 Å². The lowest BCUT2D eigenvalue weighted by Crippen LogP contribution is -2.36. The molecule has 2 rings (SSSR count). The van der Waals surface area contributed by atoms with E-state index in [0.717, 1.165) is 31.6 Å². The van der Waals surface area contributed by atoms with Crippen molar-refractivity contribution < 1.29 is 13.5 Å². The number of hydrogen-bond acceptors (Lipinski definition) is 5. The van der Waals surface area contributed by atoms with Gasteiger partial charge in [-0.05, 0) is 44.0 Å². The molecular weight excluding hydrogens is 278 g/mol. The average molecular weight is 299 g/mol. The van der Waals surface area contributed by atoms with Gasteiger partial charge in [0.25, 0.3) is 0 Å². The van der Waals surface area contributed by atoms with Crippen LogP contribution in [0.5, 0.6) is 0 Å². The molecule has 112 valence electrons. The van der Waals surface area contributed by atoms with Crippen molar-refractivity contribution in [3.05, 3.63) is 18.2 Å². The van der Waals surface area contributed by atoms with E-state index in [9.17, 15) is 13.5 Å². The first-order chi connectivity index (χ1) is 9.47. The SMILES string of the molecule is CNS(=O)(=O)c1ccc(N2CCCC(CO)C2)cc1N. The Labute approximate surface area is 119 Å². The maximum Gasteiger partial charge on any atom is 0.242 e. The third-order valence-electron chi connectivity index (χ3n) is 3.69. The summed E-state index contributed by atoms with van der Waals surface area (Å²) in [5.41, 5.74) is 7.00. The zero-order valence-electron chi connectivity index (χ0n) is 11.5. The highest BCUT2D eigenvalue weighted by Gasteiger charge is 2.21. The summed E-state index contributed by atoms with van der Waals surface area (Å²) in [4.78, 5) is 2.23. The van der Waals surface area contributed by atoms with Crippen LogP contribution < -0.4 is 15.4 Å². The Morgan fingerprint density at radius 1 is 1.50 bits per heavy atom. The molecule has 1 aromatic carbocycles. The van der Waals surface area contributed by atoms with Crippen molar-refractivity contribution in [3.63, 3.8) is 0 Å². The van der Waals surface area contributed by atoms with E-state index in [1.165, 1.54) is 13.1 Å². The number of nitrogen functional groups attached to an aromatic ring is 1. The zero-order chi connectivity index (χ0) is 14.8. The number of sulfonamides is 1. The minimum atomic E-state index is -3.53. The van der Waals surface area contributed by atoms with Gasteiger partial charge in [0.05, 0.1) is 5.69 Å². The number of hydrogen-bond donors (Lipinski definition) is 3. The van der Waals surface area contributed by atoms with E-state index >= 15 is 0 Å². The van der Waals surface area contributed by atoms with Crippen LogP contribution in [0.4, 0.5) is 11.4 Å². The zero-order valence-corrected chi connectivity index (χ0v) is 12.4. The molecule has 1 unspecified atom stereocenters. The van der Waals surface area contributed by atoms with Crippen molar-refractivity contribution in [1.29, 1.82) is 0 Å². The van der Waals surface area contributed by atoms with Crippen LogP contribution in [0, 0.1) is 5.92 Å². The third-order valence-corrected chi connectivity index (χ3v) is 5.18. The lowest BCUT2D eigenvalue weighted by molar-refractivity contribution is 0.209. The Kier molecular flexibility index (Phi) is 4.52. The van der Waals surface area contributed by atoms with Crippen LogP contribution in [0.25, 0.3) is 0 Å². The summed E-state index contributed by atoms with van der Waals surface area (Å²) in [5, 5.41) is 9.25. The smallest absolute Gasteiger partial charge is 0.242 e. The van der Waals surface area contributed by atoms with Gasteiger partial charge in [0.15, 0.2) is 0 Å². The van der Waals surface area contributed by atoms with Gasteiger partial charge in [0.1, 0.15) is 4.90 Å². The molecule has 1 fully saturated rings. The minimum absolute atomic E-state index is 0.0967. The van der Waals surface area contributed by atoms with Crippen LogP contribution in [0.2, 0.25) is 0 Å². The second kappa shape index (κ2) is 5.99. The summed E-state index contributed by atoms with van der Waals surface area (Å²) in [5.74, 6) is 0.269. The van der Waals surface area contributed by atoms with Crippen molar-refractivity contribution in [3.8, 4) is 0 Å². The number of nitrogens with one attached hydrogen (secondary N) is 1. The molecule has 0 radical (unpaired) electrons. The molecule has 20 heavy (non-hydrogen) atoms. The monoisotopic (exact) mass is 299 g/mol. The van der Waals surface area contributed by atoms with Gasteiger partial charge in [0, 0.05) is 25.4 Å². The number of aliphatic hydroxyl groups is 1. The van der Waals surface area contributed by atoms with Gasteiger partial charge in [-0.25, -0.2) is 13.1 Å². The van der Waals surface area contributed by atoms with E-state index in [0.29, 0.717) is 0 Å². The summed E-state index contributed by atoms with van der Waals surface area (Å²) in [6, 6.07) is 4.98. The van der Waals surface area contributed by atoms with E-state index in [4.69, 9.17) is 5.73 Å². The van der Waals surface area contributed by atoms with Crippen molar-refractivity contribution in [1.82, 2.24) is 4.72 Å². The molecule has 1 saturated heterocycles. The predicted octanol–water partition coefficient (Wildman–Crippen LogP) is 0.386. The van der Waals surface area contributed by atoms with Gasteiger partial charge >= 0.3 is 0 Å². The highest BCUT2D eigenvalue weighted by Crippen LogP contribution is 2.28. The molecule has 0 aromatic heterocycles. The third kappa shape index (κ3) is 3.05. The van der Waals surface area contributed by atoms with Gasteiger partial charge < -0.3 is 15.7 Å². The fourth-order valence-electron chi connectivity index (χ4n) is 2.54. The number of piperidine rings is 1. The van der Waals surface area contributed by atoms with Crippen LogP contribution >= 0.6 is 0 Å². The fourth-order valence-corrected chi connectivity index (χ4v) is 3.37. The average Bonchev–Trinajstić information content (AvgIpc) is 2.47. The van der Waals surface area contributed by atoms with E-state index in [1.807, 2.05) is 0 Å². The Balaban J connectivity index is 2.25. The molecule has 1 heterocycles. The molecule has 7 heteroatoms. The van der Waals surface area contributed by atoms with Crippen molar-refractivity contribution in [2.24, 2.45) is 5.92 Å².